The highest BCUT2D eigenvalue weighted by atomic mass is 16.5. The molecule has 1 aliphatic heterocycles. The number of ether oxygens (including phenoxy) is 1. The molecule has 62 valence electrons. The molecule has 0 atom stereocenters. The van der Waals surface area contributed by atoms with E-state index in [1.807, 2.05) is 12.3 Å². The molecule has 2 rings (SSSR count). The number of hydrogen-bond acceptors (Lipinski definition) is 2. The Morgan fingerprint density at radius 2 is 2.08 bits per heavy atom. The summed E-state index contributed by atoms with van der Waals surface area (Å²) in [5.74, 6) is 0. The molecule has 0 N–H and O–H groups in total. The molecule has 2 heteroatoms. The van der Waals surface area contributed by atoms with Gasteiger partial charge in [-0.1, -0.05) is 30.3 Å². The summed E-state index contributed by atoms with van der Waals surface area (Å²) in [6.45, 7) is 1.60. The van der Waals surface area contributed by atoms with Crippen LogP contribution in [0.4, 0.5) is 0 Å². The Labute approximate surface area is 72.1 Å². The molecule has 0 saturated carbocycles. The Kier molecular flexibility index (Phi) is 1.99. The molecule has 0 aliphatic carbocycles. The second-order valence-corrected chi connectivity index (χ2v) is 2.81. The summed E-state index contributed by atoms with van der Waals surface area (Å²) in [4.78, 5) is 2.12. The third-order valence-corrected chi connectivity index (χ3v) is 1.84. The van der Waals surface area contributed by atoms with Gasteiger partial charge in [0, 0.05) is 12.7 Å². The van der Waals surface area contributed by atoms with Crippen molar-refractivity contribution in [2.45, 2.75) is 6.54 Å². The van der Waals surface area contributed by atoms with Crippen LogP contribution in [0.25, 0.3) is 0 Å². The van der Waals surface area contributed by atoms with E-state index in [9.17, 15) is 0 Å². The zero-order valence-electron chi connectivity index (χ0n) is 6.81. The van der Waals surface area contributed by atoms with E-state index in [4.69, 9.17) is 4.74 Å². The predicted molar refractivity (Wildman–Crippen MR) is 47.1 cm³/mol. The van der Waals surface area contributed by atoms with Crippen LogP contribution in [0.15, 0.2) is 42.8 Å². The molecular weight excluding hydrogens is 150 g/mol. The first-order valence-corrected chi connectivity index (χ1v) is 4.01. The molecule has 1 aliphatic rings. The van der Waals surface area contributed by atoms with Crippen molar-refractivity contribution < 1.29 is 4.74 Å². The maximum Gasteiger partial charge on any atom is 0.160 e. The minimum absolute atomic E-state index is 0.675. The van der Waals surface area contributed by atoms with E-state index in [2.05, 4.69) is 29.2 Å². The molecule has 1 aromatic carbocycles. The second kappa shape index (κ2) is 3.30. The summed E-state index contributed by atoms with van der Waals surface area (Å²) >= 11 is 0. The van der Waals surface area contributed by atoms with Gasteiger partial charge in [0.1, 0.15) is 6.26 Å². The van der Waals surface area contributed by atoms with Gasteiger partial charge in [-0.3, -0.25) is 0 Å². The van der Waals surface area contributed by atoms with Crippen molar-refractivity contribution in [2.75, 3.05) is 6.73 Å². The first kappa shape index (κ1) is 7.22. The number of nitrogens with zero attached hydrogens (tertiary/aromatic N) is 1. The molecule has 1 heterocycles. The van der Waals surface area contributed by atoms with Gasteiger partial charge in [-0.15, -0.1) is 0 Å². The average Bonchev–Trinajstić information content (AvgIpc) is 2.59. The Bertz CT molecular complexity index is 268. The summed E-state index contributed by atoms with van der Waals surface area (Å²) in [6, 6.07) is 10.4. The summed E-state index contributed by atoms with van der Waals surface area (Å²) in [6.07, 6.45) is 3.69. The van der Waals surface area contributed by atoms with E-state index >= 15 is 0 Å². The Morgan fingerprint density at radius 1 is 1.25 bits per heavy atom. The highest BCUT2D eigenvalue weighted by Gasteiger charge is 2.04. The molecule has 0 radical (unpaired) electrons. The molecule has 12 heavy (non-hydrogen) atoms. The van der Waals surface area contributed by atoms with Crippen molar-refractivity contribution in [3.8, 4) is 0 Å². The zero-order valence-corrected chi connectivity index (χ0v) is 6.81. The first-order valence-electron chi connectivity index (χ1n) is 4.01. The quantitative estimate of drug-likeness (QED) is 0.657. The number of benzene rings is 1. The normalized spacial score (nSPS) is 14.8. The largest absolute Gasteiger partial charge is 0.479 e. The van der Waals surface area contributed by atoms with E-state index in [0.717, 1.165) is 6.54 Å². The fourth-order valence-electron chi connectivity index (χ4n) is 1.23. The van der Waals surface area contributed by atoms with Crippen molar-refractivity contribution in [1.29, 1.82) is 0 Å². The Morgan fingerprint density at radius 3 is 2.75 bits per heavy atom. The van der Waals surface area contributed by atoms with Crippen molar-refractivity contribution in [3.05, 3.63) is 48.4 Å². The maximum absolute atomic E-state index is 5.07. The van der Waals surface area contributed by atoms with Gasteiger partial charge in [-0.2, -0.15) is 0 Å². The molecule has 0 saturated heterocycles. The number of rotatable bonds is 2. The molecule has 0 bridgehead atoms. The topological polar surface area (TPSA) is 12.5 Å². The highest BCUT2D eigenvalue weighted by Crippen LogP contribution is 2.08. The van der Waals surface area contributed by atoms with E-state index in [0.29, 0.717) is 6.73 Å². The minimum Gasteiger partial charge on any atom is -0.479 e. The monoisotopic (exact) mass is 161 g/mol. The molecule has 0 aromatic heterocycles. The summed E-state index contributed by atoms with van der Waals surface area (Å²) in [7, 11) is 0. The van der Waals surface area contributed by atoms with Crippen molar-refractivity contribution in [2.24, 2.45) is 0 Å². The van der Waals surface area contributed by atoms with Crippen LogP contribution in [-0.4, -0.2) is 11.6 Å². The molecule has 1 aromatic rings. The van der Waals surface area contributed by atoms with Crippen LogP contribution in [-0.2, 0) is 11.3 Å². The predicted octanol–water partition coefficient (Wildman–Crippen LogP) is 1.95. The fraction of sp³-hybridized carbons (Fsp3) is 0.200. The van der Waals surface area contributed by atoms with E-state index in [-0.39, 0.29) is 0 Å². The molecule has 0 amide bonds. The van der Waals surface area contributed by atoms with Crippen LogP contribution in [0.1, 0.15) is 5.56 Å². The Hall–Kier alpha value is -1.44. The van der Waals surface area contributed by atoms with Gasteiger partial charge in [0.05, 0.1) is 0 Å². The smallest absolute Gasteiger partial charge is 0.160 e. The lowest BCUT2D eigenvalue weighted by Crippen LogP contribution is -2.14. The van der Waals surface area contributed by atoms with Gasteiger partial charge in [-0.25, -0.2) is 0 Å². The summed E-state index contributed by atoms with van der Waals surface area (Å²) < 4.78 is 5.07. The van der Waals surface area contributed by atoms with Crippen LogP contribution in [0.5, 0.6) is 0 Å². The van der Waals surface area contributed by atoms with Gasteiger partial charge in [0.2, 0.25) is 0 Å². The highest BCUT2D eigenvalue weighted by molar-refractivity contribution is 5.14. The zero-order chi connectivity index (χ0) is 8.23. The third-order valence-electron chi connectivity index (χ3n) is 1.84. The van der Waals surface area contributed by atoms with E-state index in [1.165, 1.54) is 5.56 Å². The van der Waals surface area contributed by atoms with Crippen molar-refractivity contribution >= 4 is 0 Å². The van der Waals surface area contributed by atoms with Crippen LogP contribution in [0.2, 0.25) is 0 Å². The van der Waals surface area contributed by atoms with Crippen LogP contribution in [0, 0.1) is 0 Å². The van der Waals surface area contributed by atoms with Gasteiger partial charge in [0.25, 0.3) is 0 Å². The lowest BCUT2D eigenvalue weighted by Gasteiger charge is -2.12. The average molecular weight is 161 g/mol. The number of hydrogen-bond donors (Lipinski definition) is 0. The molecule has 0 unspecified atom stereocenters. The minimum atomic E-state index is 0.675. The first-order chi connectivity index (χ1) is 5.95. The molecular formula is C10H11NO. The molecule has 0 fully saturated rings. The van der Waals surface area contributed by atoms with E-state index < -0.39 is 0 Å². The van der Waals surface area contributed by atoms with Crippen molar-refractivity contribution in [3.63, 3.8) is 0 Å². The third kappa shape index (κ3) is 1.59. The fourth-order valence-corrected chi connectivity index (χ4v) is 1.23. The van der Waals surface area contributed by atoms with Gasteiger partial charge < -0.3 is 9.64 Å². The van der Waals surface area contributed by atoms with Gasteiger partial charge in [-0.05, 0) is 5.56 Å². The second-order valence-electron chi connectivity index (χ2n) is 2.81. The standard InChI is InChI=1S/C10H11NO/c1-2-4-10(5-3-1)8-11-6-7-12-9-11/h1-7H,8-9H2. The SMILES string of the molecule is C1=CN(Cc2ccccc2)CO1. The molecule has 0 spiro atoms. The van der Waals surface area contributed by atoms with Crippen molar-refractivity contribution in [1.82, 2.24) is 4.90 Å². The summed E-state index contributed by atoms with van der Waals surface area (Å²) in [5.41, 5.74) is 1.31. The van der Waals surface area contributed by atoms with Crippen LogP contribution >= 0.6 is 0 Å². The lowest BCUT2D eigenvalue weighted by molar-refractivity contribution is 0.167. The maximum atomic E-state index is 5.07. The van der Waals surface area contributed by atoms with E-state index in [1.54, 1.807) is 6.26 Å². The molecule has 2 nitrogen and oxygen atoms in total. The van der Waals surface area contributed by atoms with Crippen LogP contribution in [0.3, 0.4) is 0 Å². The van der Waals surface area contributed by atoms with Gasteiger partial charge >= 0.3 is 0 Å². The Balaban J connectivity index is 1.99. The summed E-state index contributed by atoms with van der Waals surface area (Å²) in [5, 5.41) is 0. The van der Waals surface area contributed by atoms with Crippen LogP contribution < -0.4 is 0 Å². The lowest BCUT2D eigenvalue weighted by atomic mass is 10.2. The van der Waals surface area contributed by atoms with Gasteiger partial charge in [0.15, 0.2) is 6.73 Å².